The van der Waals surface area contributed by atoms with E-state index in [0.29, 0.717) is 0 Å². The van der Waals surface area contributed by atoms with Gasteiger partial charge in [-0.3, -0.25) is 0 Å². The Balaban J connectivity index is 2.47. The van der Waals surface area contributed by atoms with Crippen molar-refractivity contribution in [2.45, 2.75) is 6.92 Å². The molecular formula is C10H16IN3. The summed E-state index contributed by atoms with van der Waals surface area (Å²) >= 11 is 2.29. The van der Waals surface area contributed by atoms with Gasteiger partial charge in [-0.15, -0.1) is 0 Å². The molecule has 1 heterocycles. The van der Waals surface area contributed by atoms with Gasteiger partial charge in [-0.25, -0.2) is 4.98 Å². The topological polar surface area (TPSA) is 28.2 Å². The Kier molecular flexibility index (Phi) is 4.60. The summed E-state index contributed by atoms with van der Waals surface area (Å²) in [5.41, 5.74) is 1.08. The quantitative estimate of drug-likeness (QED) is 0.862. The molecule has 14 heavy (non-hydrogen) atoms. The molecule has 1 rings (SSSR count). The van der Waals surface area contributed by atoms with E-state index in [0.717, 1.165) is 24.6 Å². The van der Waals surface area contributed by atoms with Crippen LogP contribution in [0.4, 0.5) is 5.82 Å². The average molecular weight is 305 g/mol. The van der Waals surface area contributed by atoms with Gasteiger partial charge in [-0.2, -0.15) is 0 Å². The third kappa shape index (κ3) is 3.79. The first kappa shape index (κ1) is 11.7. The Labute approximate surface area is 99.0 Å². The Morgan fingerprint density at radius 3 is 2.71 bits per heavy atom. The number of hydrogen-bond donors (Lipinski definition) is 1. The largest absolute Gasteiger partial charge is 0.369 e. The number of aryl methyl sites for hydroxylation is 1. The molecule has 1 N–H and O–H groups in total. The summed E-state index contributed by atoms with van der Waals surface area (Å²) in [7, 11) is 4.13. The highest BCUT2D eigenvalue weighted by molar-refractivity contribution is 14.1. The third-order valence-electron chi connectivity index (χ3n) is 1.89. The van der Waals surface area contributed by atoms with Crippen LogP contribution >= 0.6 is 22.6 Å². The molecule has 3 nitrogen and oxygen atoms in total. The summed E-state index contributed by atoms with van der Waals surface area (Å²) in [6.45, 7) is 3.98. The summed E-state index contributed by atoms with van der Waals surface area (Å²) < 4.78 is 1.21. The van der Waals surface area contributed by atoms with E-state index in [-0.39, 0.29) is 0 Å². The van der Waals surface area contributed by atoms with Crippen molar-refractivity contribution in [2.24, 2.45) is 0 Å². The van der Waals surface area contributed by atoms with E-state index in [9.17, 15) is 0 Å². The standard InChI is InChI=1S/C10H16IN3/c1-8-9(11)4-5-10(13-8)12-6-7-14(2)3/h4-5H,6-7H2,1-3H3,(H,12,13). The highest BCUT2D eigenvalue weighted by atomic mass is 127. The van der Waals surface area contributed by atoms with Gasteiger partial charge < -0.3 is 10.2 Å². The molecule has 4 heteroatoms. The molecule has 0 radical (unpaired) electrons. The van der Waals surface area contributed by atoms with Crippen LogP contribution in [0.2, 0.25) is 0 Å². The molecule has 0 spiro atoms. The molecule has 0 aliphatic rings. The van der Waals surface area contributed by atoms with Gasteiger partial charge in [0.25, 0.3) is 0 Å². The molecule has 0 aromatic carbocycles. The molecule has 0 saturated heterocycles. The summed E-state index contributed by atoms with van der Waals surface area (Å²) in [4.78, 5) is 6.58. The molecule has 0 bridgehead atoms. The molecule has 0 atom stereocenters. The van der Waals surface area contributed by atoms with Crippen LogP contribution in [0.3, 0.4) is 0 Å². The molecule has 1 aromatic heterocycles. The van der Waals surface area contributed by atoms with Gasteiger partial charge in [0.1, 0.15) is 5.82 Å². The van der Waals surface area contributed by atoms with Crippen molar-refractivity contribution >= 4 is 28.4 Å². The van der Waals surface area contributed by atoms with Crippen LogP contribution < -0.4 is 5.32 Å². The fourth-order valence-corrected chi connectivity index (χ4v) is 1.35. The maximum absolute atomic E-state index is 4.43. The minimum Gasteiger partial charge on any atom is -0.369 e. The summed E-state index contributed by atoms with van der Waals surface area (Å²) in [6.07, 6.45) is 0. The van der Waals surface area contributed by atoms with E-state index in [1.807, 2.05) is 13.0 Å². The zero-order chi connectivity index (χ0) is 10.6. The molecule has 78 valence electrons. The zero-order valence-electron chi connectivity index (χ0n) is 8.84. The first-order chi connectivity index (χ1) is 6.59. The van der Waals surface area contributed by atoms with Gasteiger partial charge >= 0.3 is 0 Å². The van der Waals surface area contributed by atoms with Gasteiger partial charge in [0, 0.05) is 16.7 Å². The number of halogens is 1. The smallest absolute Gasteiger partial charge is 0.126 e. The summed E-state index contributed by atoms with van der Waals surface area (Å²) in [5, 5.41) is 3.29. The normalized spacial score (nSPS) is 10.6. The van der Waals surface area contributed by atoms with E-state index in [2.05, 4.69) is 58.0 Å². The predicted octanol–water partition coefficient (Wildman–Crippen LogP) is 1.97. The second-order valence-electron chi connectivity index (χ2n) is 3.49. The van der Waals surface area contributed by atoms with Crippen molar-refractivity contribution < 1.29 is 0 Å². The SMILES string of the molecule is Cc1nc(NCCN(C)C)ccc1I. The van der Waals surface area contributed by atoms with Crippen LogP contribution in [0.1, 0.15) is 5.69 Å². The van der Waals surface area contributed by atoms with E-state index in [4.69, 9.17) is 0 Å². The molecule has 0 aliphatic heterocycles. The Morgan fingerprint density at radius 1 is 1.43 bits per heavy atom. The lowest BCUT2D eigenvalue weighted by Gasteiger charge is -2.11. The Bertz CT molecular complexity index is 299. The zero-order valence-corrected chi connectivity index (χ0v) is 11.0. The molecule has 0 aliphatic carbocycles. The van der Waals surface area contributed by atoms with E-state index >= 15 is 0 Å². The minimum absolute atomic E-state index is 0.931. The average Bonchev–Trinajstić information content (AvgIpc) is 2.10. The van der Waals surface area contributed by atoms with Crippen LogP contribution in [0.5, 0.6) is 0 Å². The van der Waals surface area contributed by atoms with E-state index in [1.54, 1.807) is 0 Å². The first-order valence-electron chi connectivity index (χ1n) is 4.61. The molecule has 0 unspecified atom stereocenters. The number of anilines is 1. The first-order valence-corrected chi connectivity index (χ1v) is 5.69. The van der Waals surface area contributed by atoms with Crippen LogP contribution in [0, 0.1) is 10.5 Å². The fourth-order valence-electron chi connectivity index (χ4n) is 1.05. The lowest BCUT2D eigenvalue weighted by molar-refractivity contribution is 0.425. The fraction of sp³-hybridized carbons (Fsp3) is 0.500. The molecule has 1 aromatic rings. The summed E-state index contributed by atoms with van der Waals surface area (Å²) in [5.74, 6) is 0.963. The third-order valence-corrected chi connectivity index (χ3v) is 3.03. The second kappa shape index (κ2) is 5.50. The Hall–Kier alpha value is -0.360. The second-order valence-corrected chi connectivity index (χ2v) is 4.66. The lowest BCUT2D eigenvalue weighted by Crippen LogP contribution is -2.21. The Morgan fingerprint density at radius 2 is 2.14 bits per heavy atom. The van der Waals surface area contributed by atoms with Crippen molar-refractivity contribution in [3.05, 3.63) is 21.4 Å². The number of likely N-dealkylation sites (N-methyl/N-ethyl adjacent to an activating group) is 1. The lowest BCUT2D eigenvalue weighted by atomic mass is 10.4. The number of aromatic nitrogens is 1. The number of hydrogen-bond acceptors (Lipinski definition) is 3. The molecular weight excluding hydrogens is 289 g/mol. The van der Waals surface area contributed by atoms with Crippen LogP contribution in [0.15, 0.2) is 12.1 Å². The van der Waals surface area contributed by atoms with Crippen LogP contribution in [-0.2, 0) is 0 Å². The van der Waals surface area contributed by atoms with Crippen molar-refractivity contribution in [3.63, 3.8) is 0 Å². The number of rotatable bonds is 4. The monoisotopic (exact) mass is 305 g/mol. The number of nitrogens with zero attached hydrogens (tertiary/aromatic N) is 2. The van der Waals surface area contributed by atoms with Crippen molar-refractivity contribution in [1.82, 2.24) is 9.88 Å². The van der Waals surface area contributed by atoms with Crippen molar-refractivity contribution in [2.75, 3.05) is 32.5 Å². The molecule has 0 amide bonds. The molecule has 0 saturated carbocycles. The van der Waals surface area contributed by atoms with Crippen molar-refractivity contribution in [3.8, 4) is 0 Å². The minimum atomic E-state index is 0.931. The van der Waals surface area contributed by atoms with E-state index < -0.39 is 0 Å². The predicted molar refractivity (Wildman–Crippen MR) is 68.7 cm³/mol. The number of nitrogens with one attached hydrogen (secondary N) is 1. The van der Waals surface area contributed by atoms with E-state index in [1.165, 1.54) is 3.57 Å². The summed E-state index contributed by atoms with van der Waals surface area (Å²) in [6, 6.07) is 4.10. The van der Waals surface area contributed by atoms with Gasteiger partial charge in [-0.1, -0.05) is 0 Å². The highest BCUT2D eigenvalue weighted by Crippen LogP contribution is 2.11. The van der Waals surface area contributed by atoms with Crippen LogP contribution in [0.25, 0.3) is 0 Å². The van der Waals surface area contributed by atoms with Crippen molar-refractivity contribution in [1.29, 1.82) is 0 Å². The van der Waals surface area contributed by atoms with Gasteiger partial charge in [-0.05, 0) is 55.7 Å². The maximum Gasteiger partial charge on any atom is 0.126 e. The van der Waals surface area contributed by atoms with Gasteiger partial charge in [0.2, 0.25) is 0 Å². The van der Waals surface area contributed by atoms with Gasteiger partial charge in [0.15, 0.2) is 0 Å². The highest BCUT2D eigenvalue weighted by Gasteiger charge is 1.98. The maximum atomic E-state index is 4.43. The van der Waals surface area contributed by atoms with Gasteiger partial charge in [0.05, 0.1) is 5.69 Å². The van der Waals surface area contributed by atoms with Crippen LogP contribution in [-0.4, -0.2) is 37.1 Å². The molecule has 0 fully saturated rings. The number of pyridine rings is 1.